The highest BCUT2D eigenvalue weighted by Gasteiger charge is 2.09. The molecule has 8 heteroatoms. The Balaban J connectivity index is 1.63. The van der Waals surface area contributed by atoms with E-state index in [9.17, 15) is 13.6 Å². The van der Waals surface area contributed by atoms with Gasteiger partial charge >= 0.3 is 0 Å². The second kappa shape index (κ2) is 7.31. The lowest BCUT2D eigenvalue weighted by atomic mass is 10.2. The Morgan fingerprint density at radius 3 is 2.67 bits per heavy atom. The van der Waals surface area contributed by atoms with Gasteiger partial charge in [-0.3, -0.25) is 4.79 Å². The Labute approximate surface area is 149 Å². The van der Waals surface area contributed by atoms with E-state index in [1.807, 2.05) is 28.9 Å². The molecule has 0 radical (unpaired) electrons. The number of amides is 1. The summed E-state index contributed by atoms with van der Waals surface area (Å²) in [4.78, 5) is 16.9. The summed E-state index contributed by atoms with van der Waals surface area (Å²) >= 11 is 3.84. The maximum atomic E-state index is 12.3. The molecule has 2 aromatic heterocycles. The number of nitrogens with zero attached hydrogens (tertiary/aromatic N) is 2. The SMILES string of the molecule is O=C(NCc1cn2cc(Br)ccc2n1)c1ccc(SC(F)F)cc1. The van der Waals surface area contributed by atoms with Crippen molar-refractivity contribution in [3.05, 3.63) is 64.5 Å². The molecule has 0 saturated heterocycles. The zero-order chi connectivity index (χ0) is 17.1. The quantitative estimate of drug-likeness (QED) is 0.635. The molecule has 124 valence electrons. The summed E-state index contributed by atoms with van der Waals surface area (Å²) in [5.74, 6) is -2.75. The number of fused-ring (bicyclic) bond motifs is 1. The largest absolute Gasteiger partial charge is 0.346 e. The smallest absolute Gasteiger partial charge is 0.288 e. The van der Waals surface area contributed by atoms with Crippen LogP contribution < -0.4 is 5.32 Å². The number of carbonyl (C=O) groups excluding carboxylic acids is 1. The van der Waals surface area contributed by atoms with Crippen LogP contribution in [-0.4, -0.2) is 21.0 Å². The van der Waals surface area contributed by atoms with Crippen molar-refractivity contribution in [3.63, 3.8) is 0 Å². The lowest BCUT2D eigenvalue weighted by Crippen LogP contribution is -2.22. The number of hydrogen-bond donors (Lipinski definition) is 1. The highest BCUT2D eigenvalue weighted by molar-refractivity contribution is 9.10. The molecular formula is C16H12BrF2N3OS. The third kappa shape index (κ3) is 4.12. The van der Waals surface area contributed by atoms with E-state index in [1.165, 1.54) is 24.3 Å². The number of nitrogens with one attached hydrogen (secondary N) is 1. The summed E-state index contributed by atoms with van der Waals surface area (Å²) in [5.41, 5.74) is 1.93. The molecular weight excluding hydrogens is 400 g/mol. The van der Waals surface area contributed by atoms with Crippen LogP contribution in [0.15, 0.2) is 58.2 Å². The number of pyridine rings is 1. The van der Waals surface area contributed by atoms with Crippen molar-refractivity contribution >= 4 is 39.2 Å². The van der Waals surface area contributed by atoms with E-state index in [0.29, 0.717) is 22.2 Å². The maximum absolute atomic E-state index is 12.3. The topological polar surface area (TPSA) is 46.4 Å². The third-order valence-electron chi connectivity index (χ3n) is 3.24. The van der Waals surface area contributed by atoms with Gasteiger partial charge in [-0.2, -0.15) is 8.78 Å². The fraction of sp³-hybridized carbons (Fsp3) is 0.125. The first-order valence-corrected chi connectivity index (χ1v) is 8.65. The van der Waals surface area contributed by atoms with E-state index in [1.54, 1.807) is 0 Å². The summed E-state index contributed by atoms with van der Waals surface area (Å²) in [6.07, 6.45) is 3.72. The lowest BCUT2D eigenvalue weighted by Gasteiger charge is -2.04. The average molecular weight is 412 g/mol. The lowest BCUT2D eigenvalue weighted by molar-refractivity contribution is 0.0950. The minimum Gasteiger partial charge on any atom is -0.346 e. The molecule has 24 heavy (non-hydrogen) atoms. The Kier molecular flexibility index (Phi) is 5.15. The number of aromatic nitrogens is 2. The van der Waals surface area contributed by atoms with Gasteiger partial charge in [-0.05, 0) is 52.3 Å². The number of benzene rings is 1. The number of halogens is 3. The van der Waals surface area contributed by atoms with Crippen molar-refractivity contribution in [2.45, 2.75) is 17.2 Å². The number of rotatable bonds is 5. The fourth-order valence-electron chi connectivity index (χ4n) is 2.16. The molecule has 3 aromatic rings. The summed E-state index contributed by atoms with van der Waals surface area (Å²) in [7, 11) is 0. The molecule has 0 spiro atoms. The second-order valence-corrected chi connectivity index (χ2v) is 6.91. The summed E-state index contributed by atoms with van der Waals surface area (Å²) < 4.78 is 27.3. The van der Waals surface area contributed by atoms with Crippen LogP contribution in [0.1, 0.15) is 16.1 Å². The molecule has 3 rings (SSSR count). The molecule has 0 bridgehead atoms. The van der Waals surface area contributed by atoms with Crippen LogP contribution in [0, 0.1) is 0 Å². The molecule has 1 amide bonds. The molecule has 2 heterocycles. The number of thioether (sulfide) groups is 1. The highest BCUT2D eigenvalue weighted by atomic mass is 79.9. The Morgan fingerprint density at radius 1 is 1.21 bits per heavy atom. The zero-order valence-electron chi connectivity index (χ0n) is 12.2. The third-order valence-corrected chi connectivity index (χ3v) is 4.43. The van der Waals surface area contributed by atoms with Crippen molar-refractivity contribution in [2.75, 3.05) is 0 Å². The number of imidazole rings is 1. The molecule has 0 unspecified atom stereocenters. The maximum Gasteiger partial charge on any atom is 0.288 e. The van der Waals surface area contributed by atoms with Crippen LogP contribution in [0.2, 0.25) is 0 Å². The van der Waals surface area contributed by atoms with Crippen LogP contribution in [0.5, 0.6) is 0 Å². The van der Waals surface area contributed by atoms with E-state index in [0.717, 1.165) is 15.8 Å². The molecule has 1 N–H and O–H groups in total. The van der Waals surface area contributed by atoms with E-state index in [-0.39, 0.29) is 12.5 Å². The predicted molar refractivity (Wildman–Crippen MR) is 92.4 cm³/mol. The normalized spacial score (nSPS) is 11.2. The van der Waals surface area contributed by atoms with Gasteiger partial charge in [0.05, 0.1) is 12.2 Å². The van der Waals surface area contributed by atoms with Crippen molar-refractivity contribution in [3.8, 4) is 0 Å². The van der Waals surface area contributed by atoms with Gasteiger partial charge in [0.1, 0.15) is 5.65 Å². The standard InChI is InChI=1S/C16H12BrF2N3OS/c17-11-3-6-14-21-12(9-22(14)8-11)7-20-15(23)10-1-4-13(5-2-10)24-16(18)19/h1-6,8-9,16H,7H2,(H,20,23). The average Bonchev–Trinajstić information content (AvgIpc) is 2.94. The number of carbonyl (C=O) groups is 1. The molecule has 0 aliphatic rings. The Morgan fingerprint density at radius 2 is 1.96 bits per heavy atom. The van der Waals surface area contributed by atoms with Gasteiger partial charge in [0.2, 0.25) is 0 Å². The van der Waals surface area contributed by atoms with Crippen molar-refractivity contribution in [1.82, 2.24) is 14.7 Å². The summed E-state index contributed by atoms with van der Waals surface area (Å²) in [6, 6.07) is 9.84. The molecule has 0 saturated carbocycles. The van der Waals surface area contributed by atoms with E-state index in [2.05, 4.69) is 26.2 Å². The summed E-state index contributed by atoms with van der Waals surface area (Å²) in [6.45, 7) is 0.283. The van der Waals surface area contributed by atoms with Gasteiger partial charge in [-0.1, -0.05) is 11.8 Å². The zero-order valence-corrected chi connectivity index (χ0v) is 14.7. The van der Waals surface area contributed by atoms with E-state index < -0.39 is 5.76 Å². The minimum absolute atomic E-state index is 0.276. The Bertz CT molecular complexity index is 867. The molecule has 0 aliphatic heterocycles. The van der Waals surface area contributed by atoms with Crippen molar-refractivity contribution in [2.24, 2.45) is 0 Å². The van der Waals surface area contributed by atoms with E-state index >= 15 is 0 Å². The van der Waals surface area contributed by atoms with Gasteiger partial charge in [0, 0.05) is 27.3 Å². The first-order valence-electron chi connectivity index (χ1n) is 6.97. The van der Waals surface area contributed by atoms with Crippen molar-refractivity contribution < 1.29 is 13.6 Å². The van der Waals surface area contributed by atoms with Crippen molar-refractivity contribution in [1.29, 1.82) is 0 Å². The van der Waals surface area contributed by atoms with Crippen LogP contribution >= 0.6 is 27.7 Å². The molecule has 0 fully saturated rings. The van der Waals surface area contributed by atoms with Gasteiger partial charge in [0.15, 0.2) is 0 Å². The van der Waals surface area contributed by atoms with Crippen LogP contribution in [0.25, 0.3) is 5.65 Å². The molecule has 4 nitrogen and oxygen atoms in total. The Hall–Kier alpha value is -1.93. The molecule has 0 aliphatic carbocycles. The fourth-order valence-corrected chi connectivity index (χ4v) is 3.01. The van der Waals surface area contributed by atoms with Crippen LogP contribution in [0.3, 0.4) is 0 Å². The second-order valence-electron chi connectivity index (χ2n) is 4.93. The highest BCUT2D eigenvalue weighted by Crippen LogP contribution is 2.25. The predicted octanol–water partition coefficient (Wildman–Crippen LogP) is 4.34. The number of hydrogen-bond acceptors (Lipinski definition) is 3. The molecule has 0 atom stereocenters. The molecule has 1 aromatic carbocycles. The monoisotopic (exact) mass is 411 g/mol. The van der Waals surface area contributed by atoms with Gasteiger partial charge in [-0.25, -0.2) is 4.98 Å². The van der Waals surface area contributed by atoms with Gasteiger partial charge < -0.3 is 9.72 Å². The van der Waals surface area contributed by atoms with Crippen LogP contribution in [-0.2, 0) is 6.54 Å². The summed E-state index contributed by atoms with van der Waals surface area (Å²) in [5, 5.41) is 2.77. The number of alkyl halides is 2. The minimum atomic E-state index is -2.47. The first kappa shape index (κ1) is 16.9. The van der Waals surface area contributed by atoms with Gasteiger partial charge in [0.25, 0.3) is 11.7 Å². The first-order chi connectivity index (χ1) is 11.5. The van der Waals surface area contributed by atoms with Gasteiger partial charge in [-0.15, -0.1) is 0 Å². The van der Waals surface area contributed by atoms with Crippen LogP contribution in [0.4, 0.5) is 8.78 Å². The van der Waals surface area contributed by atoms with E-state index in [4.69, 9.17) is 0 Å².